The number of aromatic nitrogens is 2. The van der Waals surface area contributed by atoms with Crippen LogP contribution in [0, 0.1) is 0 Å². The van der Waals surface area contributed by atoms with Crippen molar-refractivity contribution in [1.82, 2.24) is 15.1 Å². The topological polar surface area (TPSA) is 68.2 Å². The SMILES string of the molecule is COc1ccc(Nc2ccccc2C(=O)N[C@H]2CCCc3c2cnn3C)cc1. The number of para-hydroxylation sites is 1. The molecule has 6 nitrogen and oxygen atoms in total. The van der Waals surface area contributed by atoms with Crippen molar-refractivity contribution in [2.24, 2.45) is 7.05 Å². The lowest BCUT2D eigenvalue weighted by Crippen LogP contribution is -2.31. The number of aryl methyl sites for hydroxylation is 1. The van der Waals surface area contributed by atoms with Gasteiger partial charge in [0.1, 0.15) is 5.75 Å². The van der Waals surface area contributed by atoms with Gasteiger partial charge in [0.25, 0.3) is 5.91 Å². The number of anilines is 2. The quantitative estimate of drug-likeness (QED) is 0.707. The summed E-state index contributed by atoms with van der Waals surface area (Å²) in [6.45, 7) is 0. The highest BCUT2D eigenvalue weighted by molar-refractivity contribution is 6.00. The van der Waals surface area contributed by atoms with E-state index < -0.39 is 0 Å². The van der Waals surface area contributed by atoms with Gasteiger partial charge in [-0.2, -0.15) is 5.10 Å². The summed E-state index contributed by atoms with van der Waals surface area (Å²) in [5.74, 6) is 0.708. The molecule has 0 saturated heterocycles. The van der Waals surface area contributed by atoms with Gasteiger partial charge in [-0.3, -0.25) is 9.48 Å². The van der Waals surface area contributed by atoms with Gasteiger partial charge in [-0.15, -0.1) is 0 Å². The monoisotopic (exact) mass is 376 g/mol. The summed E-state index contributed by atoms with van der Waals surface area (Å²) < 4.78 is 7.11. The lowest BCUT2D eigenvalue weighted by molar-refractivity contribution is 0.0933. The van der Waals surface area contributed by atoms with Crippen molar-refractivity contribution in [3.8, 4) is 5.75 Å². The van der Waals surface area contributed by atoms with Crippen LogP contribution in [0.5, 0.6) is 5.75 Å². The molecule has 6 heteroatoms. The van der Waals surface area contributed by atoms with E-state index in [0.29, 0.717) is 5.56 Å². The second-order valence-corrected chi connectivity index (χ2v) is 6.99. The third-order valence-electron chi connectivity index (χ3n) is 5.22. The molecule has 1 aliphatic carbocycles. The Morgan fingerprint density at radius 1 is 1.18 bits per heavy atom. The van der Waals surface area contributed by atoms with Gasteiger partial charge in [0, 0.05) is 24.0 Å². The third-order valence-corrected chi connectivity index (χ3v) is 5.22. The highest BCUT2D eigenvalue weighted by Crippen LogP contribution is 2.30. The Balaban J connectivity index is 1.54. The first kappa shape index (κ1) is 18.1. The minimum absolute atomic E-state index is 0.000933. The van der Waals surface area contributed by atoms with Gasteiger partial charge in [0.15, 0.2) is 0 Å². The Hall–Kier alpha value is -3.28. The number of carbonyl (C=O) groups is 1. The molecule has 1 aromatic heterocycles. The molecule has 1 amide bonds. The Morgan fingerprint density at radius 2 is 1.96 bits per heavy atom. The Morgan fingerprint density at radius 3 is 2.75 bits per heavy atom. The number of carbonyl (C=O) groups excluding carboxylic acids is 1. The number of nitrogens with one attached hydrogen (secondary N) is 2. The Bertz CT molecular complexity index is 978. The molecule has 1 atom stereocenters. The van der Waals surface area contributed by atoms with Gasteiger partial charge >= 0.3 is 0 Å². The van der Waals surface area contributed by atoms with E-state index in [0.717, 1.165) is 42.0 Å². The molecule has 2 aromatic carbocycles. The van der Waals surface area contributed by atoms with E-state index in [4.69, 9.17) is 4.74 Å². The summed E-state index contributed by atoms with van der Waals surface area (Å²) in [6.07, 6.45) is 4.86. The van der Waals surface area contributed by atoms with E-state index in [1.54, 1.807) is 7.11 Å². The minimum Gasteiger partial charge on any atom is -0.497 e. The van der Waals surface area contributed by atoms with Crippen molar-refractivity contribution in [2.75, 3.05) is 12.4 Å². The number of nitrogens with zero attached hydrogens (tertiary/aromatic N) is 2. The Kier molecular flexibility index (Phi) is 5.02. The number of rotatable bonds is 5. The summed E-state index contributed by atoms with van der Waals surface area (Å²) in [5.41, 5.74) is 4.62. The fourth-order valence-electron chi connectivity index (χ4n) is 3.71. The number of hydrogen-bond donors (Lipinski definition) is 2. The van der Waals surface area contributed by atoms with Crippen LogP contribution in [0.3, 0.4) is 0 Å². The largest absolute Gasteiger partial charge is 0.497 e. The van der Waals surface area contributed by atoms with Crippen molar-refractivity contribution >= 4 is 17.3 Å². The first-order chi connectivity index (χ1) is 13.7. The van der Waals surface area contributed by atoms with E-state index in [-0.39, 0.29) is 11.9 Å². The van der Waals surface area contributed by atoms with E-state index in [1.165, 1.54) is 5.69 Å². The molecule has 0 bridgehead atoms. The normalized spacial score (nSPS) is 15.6. The van der Waals surface area contributed by atoms with Gasteiger partial charge in [-0.25, -0.2) is 0 Å². The van der Waals surface area contributed by atoms with Crippen molar-refractivity contribution in [3.63, 3.8) is 0 Å². The number of methoxy groups -OCH3 is 1. The molecule has 28 heavy (non-hydrogen) atoms. The zero-order valence-electron chi connectivity index (χ0n) is 16.1. The van der Waals surface area contributed by atoms with Crippen molar-refractivity contribution < 1.29 is 9.53 Å². The predicted octanol–water partition coefficient (Wildman–Crippen LogP) is 3.98. The van der Waals surface area contributed by atoms with E-state index in [2.05, 4.69) is 15.7 Å². The fraction of sp³-hybridized carbons (Fsp3) is 0.273. The van der Waals surface area contributed by atoms with E-state index >= 15 is 0 Å². The molecule has 1 heterocycles. The number of hydrogen-bond acceptors (Lipinski definition) is 4. The lowest BCUT2D eigenvalue weighted by Gasteiger charge is -2.24. The van der Waals surface area contributed by atoms with Gasteiger partial charge in [0.2, 0.25) is 0 Å². The Labute approximate surface area is 164 Å². The van der Waals surface area contributed by atoms with E-state index in [9.17, 15) is 4.79 Å². The number of fused-ring (bicyclic) bond motifs is 1. The highest BCUT2D eigenvalue weighted by Gasteiger charge is 2.25. The van der Waals surface area contributed by atoms with E-state index in [1.807, 2.05) is 66.5 Å². The number of ether oxygens (including phenoxy) is 1. The molecule has 2 N–H and O–H groups in total. The summed E-state index contributed by atoms with van der Waals surface area (Å²) >= 11 is 0. The minimum atomic E-state index is -0.0849. The molecule has 4 rings (SSSR count). The first-order valence-corrected chi connectivity index (χ1v) is 9.47. The van der Waals surface area contributed by atoms with Crippen molar-refractivity contribution in [1.29, 1.82) is 0 Å². The maximum atomic E-state index is 13.0. The smallest absolute Gasteiger partial charge is 0.253 e. The maximum absolute atomic E-state index is 13.0. The zero-order chi connectivity index (χ0) is 19.5. The molecule has 1 aliphatic rings. The van der Waals surface area contributed by atoms with Crippen LogP contribution in [-0.2, 0) is 13.5 Å². The predicted molar refractivity (Wildman–Crippen MR) is 109 cm³/mol. The summed E-state index contributed by atoms with van der Waals surface area (Å²) in [6, 6.07) is 15.2. The molecule has 0 fully saturated rings. The van der Waals surface area contributed by atoms with Crippen LogP contribution >= 0.6 is 0 Å². The molecule has 0 aliphatic heterocycles. The third kappa shape index (κ3) is 3.58. The lowest BCUT2D eigenvalue weighted by atomic mass is 9.92. The van der Waals surface area contributed by atoms with Gasteiger partial charge < -0.3 is 15.4 Å². The standard InChI is InChI=1S/C22H24N4O2/c1-26-21-9-5-8-20(18(21)14-23-26)25-22(27)17-6-3-4-7-19(17)24-15-10-12-16(28-2)13-11-15/h3-4,6-7,10-14,20,24H,5,8-9H2,1-2H3,(H,25,27)/t20-/m0/s1. The van der Waals surface area contributed by atoms with Crippen LogP contribution in [0.4, 0.5) is 11.4 Å². The molecule has 3 aromatic rings. The van der Waals surface area contributed by atoms with Crippen LogP contribution in [-0.4, -0.2) is 22.8 Å². The summed E-state index contributed by atoms with van der Waals surface area (Å²) in [4.78, 5) is 13.0. The molecular formula is C22H24N4O2. The molecule has 0 unspecified atom stereocenters. The molecule has 144 valence electrons. The highest BCUT2D eigenvalue weighted by atomic mass is 16.5. The summed E-state index contributed by atoms with van der Waals surface area (Å²) in [7, 11) is 3.60. The van der Waals surface area contributed by atoms with Crippen LogP contribution in [0.2, 0.25) is 0 Å². The van der Waals surface area contributed by atoms with Crippen LogP contribution in [0.25, 0.3) is 0 Å². The average Bonchev–Trinajstić information content (AvgIpc) is 3.11. The van der Waals surface area contributed by atoms with Crippen LogP contribution in [0.15, 0.2) is 54.7 Å². The molecule has 0 saturated carbocycles. The second kappa shape index (κ2) is 7.76. The summed E-state index contributed by atoms with van der Waals surface area (Å²) in [5, 5.41) is 10.9. The molecule has 0 spiro atoms. The van der Waals surface area contributed by atoms with Crippen molar-refractivity contribution in [3.05, 3.63) is 71.5 Å². The first-order valence-electron chi connectivity index (χ1n) is 9.47. The van der Waals surface area contributed by atoms with Crippen LogP contribution in [0.1, 0.15) is 40.5 Å². The fourth-order valence-corrected chi connectivity index (χ4v) is 3.71. The molecular weight excluding hydrogens is 352 g/mol. The van der Waals surface area contributed by atoms with Crippen molar-refractivity contribution in [2.45, 2.75) is 25.3 Å². The number of benzene rings is 2. The zero-order valence-corrected chi connectivity index (χ0v) is 16.1. The van der Waals surface area contributed by atoms with Gasteiger partial charge in [0.05, 0.1) is 30.6 Å². The van der Waals surface area contributed by atoms with Crippen LogP contribution < -0.4 is 15.4 Å². The van der Waals surface area contributed by atoms with Gasteiger partial charge in [-0.1, -0.05) is 12.1 Å². The second-order valence-electron chi connectivity index (χ2n) is 6.99. The number of amides is 1. The molecule has 0 radical (unpaired) electrons. The average molecular weight is 376 g/mol. The van der Waals surface area contributed by atoms with Gasteiger partial charge in [-0.05, 0) is 55.7 Å². The maximum Gasteiger partial charge on any atom is 0.253 e.